The molecule has 1 aromatic carbocycles. The second-order valence-corrected chi connectivity index (χ2v) is 5.95. The Bertz CT molecular complexity index is 709. The molecule has 3 rings (SSSR count). The first-order chi connectivity index (χ1) is 11.0. The Kier molecular flexibility index (Phi) is 3.85. The van der Waals surface area contributed by atoms with E-state index in [4.69, 9.17) is 9.94 Å². The first-order valence-electron chi connectivity index (χ1n) is 7.49. The predicted molar refractivity (Wildman–Crippen MR) is 82.1 cm³/mol. The van der Waals surface area contributed by atoms with Gasteiger partial charge < -0.3 is 19.8 Å². The normalized spacial score (nSPS) is 28.5. The molecule has 2 aliphatic rings. The number of hydrogen-bond donors (Lipinski definition) is 2. The number of ether oxygens (including phenoxy) is 2. The van der Waals surface area contributed by atoms with Crippen molar-refractivity contribution in [3.63, 3.8) is 0 Å². The molecule has 2 atom stereocenters. The number of allylic oxidation sites excluding steroid dienone is 2. The highest BCUT2D eigenvalue weighted by molar-refractivity contribution is 6.02. The van der Waals surface area contributed by atoms with Crippen LogP contribution in [0.1, 0.15) is 36.3 Å². The van der Waals surface area contributed by atoms with E-state index in [-0.39, 0.29) is 12.3 Å². The van der Waals surface area contributed by atoms with E-state index >= 15 is 0 Å². The van der Waals surface area contributed by atoms with Crippen LogP contribution >= 0.6 is 0 Å². The zero-order valence-electron chi connectivity index (χ0n) is 13.1. The van der Waals surface area contributed by atoms with E-state index in [0.29, 0.717) is 24.3 Å². The van der Waals surface area contributed by atoms with Crippen LogP contribution in [-0.4, -0.2) is 34.9 Å². The third kappa shape index (κ3) is 2.59. The number of nitrogens with zero attached hydrogens (tertiary/aromatic N) is 1. The Hall–Kier alpha value is -2.34. The van der Waals surface area contributed by atoms with Crippen LogP contribution in [0.5, 0.6) is 0 Å². The van der Waals surface area contributed by atoms with Crippen LogP contribution in [0.3, 0.4) is 0 Å². The van der Waals surface area contributed by atoms with Gasteiger partial charge in [0.15, 0.2) is 0 Å². The summed E-state index contributed by atoms with van der Waals surface area (Å²) in [7, 11) is 1.20. The fourth-order valence-corrected chi connectivity index (χ4v) is 3.32. The summed E-state index contributed by atoms with van der Waals surface area (Å²) >= 11 is 0. The molecule has 0 fully saturated rings. The Morgan fingerprint density at radius 3 is 2.87 bits per heavy atom. The first-order valence-corrected chi connectivity index (χ1v) is 7.49. The van der Waals surface area contributed by atoms with Crippen molar-refractivity contribution in [3.05, 3.63) is 46.7 Å². The number of esters is 1. The number of hydrogen-bond acceptors (Lipinski definition) is 6. The highest BCUT2D eigenvalue weighted by atomic mass is 16.7. The summed E-state index contributed by atoms with van der Waals surface area (Å²) in [6, 6.07) is 7.90. The summed E-state index contributed by atoms with van der Waals surface area (Å²) in [4.78, 5) is 12.0. The summed E-state index contributed by atoms with van der Waals surface area (Å²) in [6.45, 7) is 1.99. The van der Waals surface area contributed by atoms with Crippen LogP contribution in [0.4, 0.5) is 0 Å². The number of benzene rings is 1. The van der Waals surface area contributed by atoms with Crippen LogP contribution < -0.4 is 0 Å². The van der Waals surface area contributed by atoms with Crippen LogP contribution in [0.25, 0.3) is 0 Å². The smallest absolute Gasteiger partial charge is 0.379 e. The predicted octanol–water partition coefficient (Wildman–Crippen LogP) is 2.24. The van der Waals surface area contributed by atoms with Gasteiger partial charge in [0.1, 0.15) is 11.5 Å². The van der Waals surface area contributed by atoms with Gasteiger partial charge in [0.25, 0.3) is 0 Å². The minimum Gasteiger partial charge on any atom is -0.464 e. The molecule has 0 spiro atoms. The molecule has 6 heteroatoms. The van der Waals surface area contributed by atoms with Crippen molar-refractivity contribution < 1.29 is 24.6 Å². The first kappa shape index (κ1) is 15.6. The maximum atomic E-state index is 12.0. The average molecular weight is 317 g/mol. The van der Waals surface area contributed by atoms with Gasteiger partial charge in [0.05, 0.1) is 7.11 Å². The van der Waals surface area contributed by atoms with Crippen LogP contribution in [-0.2, 0) is 14.3 Å². The monoisotopic (exact) mass is 317 g/mol. The molecule has 0 unspecified atom stereocenters. The van der Waals surface area contributed by atoms with Gasteiger partial charge in [-0.3, -0.25) is 0 Å². The average Bonchev–Trinajstić information content (AvgIpc) is 2.95. The molecule has 0 aromatic heterocycles. The zero-order valence-corrected chi connectivity index (χ0v) is 13.1. The van der Waals surface area contributed by atoms with E-state index in [0.717, 1.165) is 16.7 Å². The summed E-state index contributed by atoms with van der Waals surface area (Å²) in [6.07, 6.45) is 1.26. The molecule has 122 valence electrons. The van der Waals surface area contributed by atoms with Gasteiger partial charge >= 0.3 is 11.8 Å². The molecule has 23 heavy (non-hydrogen) atoms. The van der Waals surface area contributed by atoms with Gasteiger partial charge in [-0.1, -0.05) is 35.0 Å². The standard InChI is InChI=1S/C17H19NO5/c1-10-4-3-5-11(8-10)13-9-17(20,16(19)22-2)23-15-12(13)6-7-14(15)18-21/h3-5,8,13,20-21H,6-7,9H2,1-2H3/b18-14+/t13-,17+/m0/s1. The number of methoxy groups -OCH3 is 1. The van der Waals surface area contributed by atoms with Crippen LogP contribution in [0.2, 0.25) is 0 Å². The third-order valence-corrected chi connectivity index (χ3v) is 4.43. The van der Waals surface area contributed by atoms with E-state index in [1.54, 1.807) is 0 Å². The van der Waals surface area contributed by atoms with Crippen molar-refractivity contribution in [2.24, 2.45) is 5.16 Å². The van der Waals surface area contributed by atoms with Crippen LogP contribution in [0, 0.1) is 6.92 Å². The lowest BCUT2D eigenvalue weighted by molar-refractivity contribution is -0.218. The third-order valence-electron chi connectivity index (χ3n) is 4.43. The Morgan fingerprint density at radius 1 is 1.43 bits per heavy atom. The summed E-state index contributed by atoms with van der Waals surface area (Å²) in [5, 5.41) is 23.0. The van der Waals surface area contributed by atoms with Crippen molar-refractivity contribution in [2.75, 3.05) is 7.11 Å². The largest absolute Gasteiger partial charge is 0.464 e. The maximum Gasteiger partial charge on any atom is 0.379 e. The van der Waals surface area contributed by atoms with Gasteiger partial charge in [-0.25, -0.2) is 4.79 Å². The second-order valence-electron chi connectivity index (χ2n) is 5.95. The van der Waals surface area contributed by atoms with Gasteiger partial charge in [-0.2, -0.15) is 0 Å². The molecule has 1 aliphatic carbocycles. The van der Waals surface area contributed by atoms with Crippen molar-refractivity contribution in [3.8, 4) is 0 Å². The maximum absolute atomic E-state index is 12.0. The van der Waals surface area contributed by atoms with Crippen LogP contribution in [0.15, 0.2) is 40.8 Å². The lowest BCUT2D eigenvalue weighted by atomic mass is 9.82. The minimum absolute atomic E-state index is 0.0701. The van der Waals surface area contributed by atoms with E-state index < -0.39 is 11.8 Å². The van der Waals surface area contributed by atoms with Gasteiger partial charge in [-0.15, -0.1) is 0 Å². The number of carbonyl (C=O) groups is 1. The zero-order chi connectivity index (χ0) is 16.6. The van der Waals surface area contributed by atoms with Gasteiger partial charge in [0, 0.05) is 18.8 Å². The molecular formula is C17H19NO5. The number of carbonyl (C=O) groups excluding carboxylic acids is 1. The van der Waals surface area contributed by atoms with Crippen molar-refractivity contribution in [1.29, 1.82) is 0 Å². The fourth-order valence-electron chi connectivity index (χ4n) is 3.32. The molecule has 1 heterocycles. The van der Waals surface area contributed by atoms with E-state index in [1.807, 2.05) is 31.2 Å². The Labute approximate surface area is 134 Å². The number of rotatable bonds is 2. The van der Waals surface area contributed by atoms with Gasteiger partial charge in [-0.05, 0) is 24.5 Å². The van der Waals surface area contributed by atoms with E-state index in [1.165, 1.54) is 7.11 Å². The summed E-state index contributed by atoms with van der Waals surface area (Å²) in [5.41, 5.74) is 3.37. The molecule has 0 saturated heterocycles. The number of oxime groups is 1. The molecule has 1 aromatic rings. The lowest BCUT2D eigenvalue weighted by Crippen LogP contribution is -2.46. The minimum atomic E-state index is -2.08. The summed E-state index contributed by atoms with van der Waals surface area (Å²) < 4.78 is 10.2. The van der Waals surface area contributed by atoms with Crippen molar-refractivity contribution in [1.82, 2.24) is 0 Å². The summed E-state index contributed by atoms with van der Waals surface area (Å²) in [5.74, 6) is -2.83. The Morgan fingerprint density at radius 2 is 2.22 bits per heavy atom. The highest BCUT2D eigenvalue weighted by Crippen LogP contribution is 2.47. The number of aryl methyl sites for hydroxylation is 1. The molecule has 0 bridgehead atoms. The molecule has 2 N–H and O–H groups in total. The highest BCUT2D eigenvalue weighted by Gasteiger charge is 2.50. The van der Waals surface area contributed by atoms with E-state index in [2.05, 4.69) is 9.89 Å². The van der Waals surface area contributed by atoms with Crippen molar-refractivity contribution >= 4 is 11.7 Å². The molecule has 0 saturated carbocycles. The van der Waals surface area contributed by atoms with Gasteiger partial charge in [0.2, 0.25) is 0 Å². The molecule has 0 radical (unpaired) electrons. The second kappa shape index (κ2) is 5.70. The number of aliphatic hydroxyl groups is 1. The fraction of sp³-hybridized carbons (Fsp3) is 0.412. The Balaban J connectivity index is 2.09. The van der Waals surface area contributed by atoms with Crippen molar-refractivity contribution in [2.45, 2.75) is 37.9 Å². The molecule has 0 amide bonds. The topological polar surface area (TPSA) is 88.4 Å². The molecular weight excluding hydrogens is 298 g/mol. The SMILES string of the molecule is COC(=O)[C@@]1(O)C[C@@H](c2cccc(C)c2)C2=C(O1)/C(=N/O)CC2. The van der Waals surface area contributed by atoms with E-state index in [9.17, 15) is 9.90 Å². The quantitative estimate of drug-likeness (QED) is 0.496. The molecule has 6 nitrogen and oxygen atoms in total. The lowest BCUT2D eigenvalue weighted by Gasteiger charge is -2.36. The molecule has 1 aliphatic heterocycles.